The number of hydrogen-bond acceptors (Lipinski definition) is 4. The van der Waals surface area contributed by atoms with Gasteiger partial charge in [-0.25, -0.2) is 0 Å². The molecule has 1 aliphatic rings. The lowest BCUT2D eigenvalue weighted by atomic mass is 9.97. The zero-order chi connectivity index (χ0) is 9.84. The smallest absolute Gasteiger partial charge is 0.326 e. The van der Waals surface area contributed by atoms with Crippen LogP contribution in [0.4, 0.5) is 0 Å². The fourth-order valence-electron chi connectivity index (χ4n) is 1.17. The molecule has 5 nitrogen and oxygen atoms in total. The second-order valence-corrected chi connectivity index (χ2v) is 2.69. The van der Waals surface area contributed by atoms with Crippen molar-refractivity contribution in [1.82, 2.24) is 5.32 Å². The summed E-state index contributed by atoms with van der Waals surface area (Å²) in [7, 11) is 0. The Balaban J connectivity index is 2.68. The molecule has 5 heteroatoms. The molecule has 0 unspecified atom stereocenters. The van der Waals surface area contributed by atoms with Crippen molar-refractivity contribution in [3.05, 3.63) is 0 Å². The van der Waals surface area contributed by atoms with E-state index in [2.05, 4.69) is 10.1 Å². The summed E-state index contributed by atoms with van der Waals surface area (Å²) in [6.07, 6.45) is 0.204. The summed E-state index contributed by atoms with van der Waals surface area (Å²) in [6.45, 7) is 2.12. The van der Waals surface area contributed by atoms with Crippen molar-refractivity contribution in [3.63, 3.8) is 0 Å². The van der Waals surface area contributed by atoms with Crippen LogP contribution in [0.5, 0.6) is 0 Å². The Morgan fingerprint density at radius 3 is 2.85 bits per heavy atom. The Morgan fingerprint density at radius 1 is 1.62 bits per heavy atom. The molecule has 1 atom stereocenters. The number of ether oxygens (including phenoxy) is 1. The molecule has 1 amide bonds. The number of amides is 1. The average molecular weight is 185 g/mol. The van der Waals surface area contributed by atoms with Gasteiger partial charge in [0, 0.05) is 13.0 Å². The van der Waals surface area contributed by atoms with E-state index < -0.39 is 17.8 Å². The minimum atomic E-state index is -1.24. The molecule has 0 aliphatic carbocycles. The Hall–Kier alpha value is -1.39. The molecule has 72 valence electrons. The maximum absolute atomic E-state index is 11.2. The second kappa shape index (κ2) is 4.02. The van der Waals surface area contributed by atoms with Crippen LogP contribution < -0.4 is 5.32 Å². The summed E-state index contributed by atoms with van der Waals surface area (Å²) in [4.78, 5) is 33.4. The van der Waals surface area contributed by atoms with Crippen LogP contribution in [0.15, 0.2) is 0 Å². The number of hydrogen-bond donors (Lipinski definition) is 1. The third kappa shape index (κ3) is 2.05. The molecular formula is C8H11NO4. The third-order valence-corrected chi connectivity index (χ3v) is 1.78. The minimum Gasteiger partial charge on any atom is -0.465 e. The Kier molecular flexibility index (Phi) is 3.00. The van der Waals surface area contributed by atoms with E-state index >= 15 is 0 Å². The lowest BCUT2D eigenvalue weighted by Crippen LogP contribution is -2.46. The number of Topliss-reactive ketones (excluding diaryl/α,β-unsaturated/α-hetero) is 1. The Labute approximate surface area is 75.4 Å². The van der Waals surface area contributed by atoms with Crippen molar-refractivity contribution < 1.29 is 19.1 Å². The predicted molar refractivity (Wildman–Crippen MR) is 42.8 cm³/mol. The summed E-state index contributed by atoms with van der Waals surface area (Å²) in [5.41, 5.74) is 0. The zero-order valence-corrected chi connectivity index (χ0v) is 7.33. The number of piperidine rings is 1. The molecule has 0 aromatic carbocycles. The fourth-order valence-corrected chi connectivity index (χ4v) is 1.17. The SMILES string of the molecule is CCOC(=O)[C@@H]1C(=O)CCNC1=O. The van der Waals surface area contributed by atoms with Crippen molar-refractivity contribution in [2.45, 2.75) is 13.3 Å². The first-order valence-corrected chi connectivity index (χ1v) is 4.14. The molecule has 1 fully saturated rings. The molecule has 13 heavy (non-hydrogen) atoms. The maximum atomic E-state index is 11.2. The standard InChI is InChI=1S/C8H11NO4/c1-2-13-8(12)6-5(10)3-4-9-7(6)11/h6H,2-4H2,1H3,(H,9,11)/t6-/m1/s1. The van der Waals surface area contributed by atoms with E-state index in [0.29, 0.717) is 6.54 Å². The lowest BCUT2D eigenvalue weighted by molar-refractivity contribution is -0.156. The molecule has 1 N–H and O–H groups in total. The maximum Gasteiger partial charge on any atom is 0.326 e. The van der Waals surface area contributed by atoms with Crippen molar-refractivity contribution in [2.75, 3.05) is 13.2 Å². The van der Waals surface area contributed by atoms with Gasteiger partial charge in [-0.1, -0.05) is 0 Å². The third-order valence-electron chi connectivity index (χ3n) is 1.78. The fraction of sp³-hybridized carbons (Fsp3) is 0.625. The van der Waals surface area contributed by atoms with Gasteiger partial charge in [-0.3, -0.25) is 14.4 Å². The van der Waals surface area contributed by atoms with Gasteiger partial charge in [-0.2, -0.15) is 0 Å². The highest BCUT2D eigenvalue weighted by Crippen LogP contribution is 2.09. The van der Waals surface area contributed by atoms with E-state index in [0.717, 1.165) is 0 Å². The van der Waals surface area contributed by atoms with Crippen LogP contribution >= 0.6 is 0 Å². The highest BCUT2D eigenvalue weighted by Gasteiger charge is 2.37. The molecule has 0 aromatic rings. The molecule has 1 rings (SSSR count). The molecule has 0 bridgehead atoms. The van der Waals surface area contributed by atoms with Crippen LogP contribution in [0.25, 0.3) is 0 Å². The highest BCUT2D eigenvalue weighted by atomic mass is 16.5. The topological polar surface area (TPSA) is 72.5 Å². The zero-order valence-electron chi connectivity index (χ0n) is 7.33. The number of carbonyl (C=O) groups excluding carboxylic acids is 3. The van der Waals surface area contributed by atoms with Crippen LogP contribution in [0.3, 0.4) is 0 Å². The highest BCUT2D eigenvalue weighted by molar-refractivity contribution is 6.17. The van der Waals surface area contributed by atoms with Crippen LogP contribution in [0, 0.1) is 5.92 Å². The van der Waals surface area contributed by atoms with E-state index in [-0.39, 0.29) is 18.8 Å². The normalized spacial score (nSPS) is 22.4. The quantitative estimate of drug-likeness (QED) is 0.454. The Bertz CT molecular complexity index is 233. The first-order chi connectivity index (χ1) is 6.16. The first-order valence-electron chi connectivity index (χ1n) is 4.14. The van der Waals surface area contributed by atoms with E-state index in [1.54, 1.807) is 6.92 Å². The molecule has 1 heterocycles. The summed E-state index contributed by atoms with van der Waals surface area (Å²) < 4.78 is 4.60. The summed E-state index contributed by atoms with van der Waals surface area (Å²) in [5.74, 6) is -2.89. The van der Waals surface area contributed by atoms with Crippen molar-refractivity contribution >= 4 is 17.7 Å². The van der Waals surface area contributed by atoms with Crippen molar-refractivity contribution in [1.29, 1.82) is 0 Å². The van der Waals surface area contributed by atoms with Gasteiger partial charge in [-0.15, -0.1) is 0 Å². The Morgan fingerprint density at radius 2 is 2.31 bits per heavy atom. The van der Waals surface area contributed by atoms with E-state index in [1.165, 1.54) is 0 Å². The minimum absolute atomic E-state index is 0.176. The van der Waals surface area contributed by atoms with Gasteiger partial charge in [0.25, 0.3) is 0 Å². The molecule has 0 radical (unpaired) electrons. The van der Waals surface area contributed by atoms with Gasteiger partial charge in [0.05, 0.1) is 6.61 Å². The van der Waals surface area contributed by atoms with Crippen LogP contribution in [-0.2, 0) is 19.1 Å². The second-order valence-electron chi connectivity index (χ2n) is 2.69. The molecular weight excluding hydrogens is 174 g/mol. The largest absolute Gasteiger partial charge is 0.465 e. The molecule has 0 aromatic heterocycles. The number of rotatable bonds is 2. The number of carbonyl (C=O) groups is 3. The average Bonchev–Trinajstić information content (AvgIpc) is 2.04. The van der Waals surface area contributed by atoms with Gasteiger partial charge in [-0.05, 0) is 6.92 Å². The van der Waals surface area contributed by atoms with Crippen molar-refractivity contribution in [2.24, 2.45) is 5.92 Å². The van der Waals surface area contributed by atoms with Crippen LogP contribution in [0.2, 0.25) is 0 Å². The van der Waals surface area contributed by atoms with Gasteiger partial charge < -0.3 is 10.1 Å². The van der Waals surface area contributed by atoms with E-state index in [4.69, 9.17) is 0 Å². The summed E-state index contributed by atoms with van der Waals surface area (Å²) in [6, 6.07) is 0. The van der Waals surface area contributed by atoms with Gasteiger partial charge in [0.2, 0.25) is 5.91 Å². The van der Waals surface area contributed by atoms with E-state index in [9.17, 15) is 14.4 Å². The number of ketones is 1. The first kappa shape index (κ1) is 9.70. The van der Waals surface area contributed by atoms with Gasteiger partial charge >= 0.3 is 5.97 Å². The van der Waals surface area contributed by atoms with Crippen molar-refractivity contribution in [3.8, 4) is 0 Å². The number of nitrogens with one attached hydrogen (secondary N) is 1. The van der Waals surface area contributed by atoms with Gasteiger partial charge in [0.15, 0.2) is 11.7 Å². The van der Waals surface area contributed by atoms with Crippen LogP contribution in [-0.4, -0.2) is 30.8 Å². The molecule has 0 spiro atoms. The van der Waals surface area contributed by atoms with E-state index in [1.807, 2.05) is 0 Å². The monoisotopic (exact) mass is 185 g/mol. The number of esters is 1. The summed E-state index contributed by atoms with van der Waals surface area (Å²) in [5, 5.41) is 2.44. The summed E-state index contributed by atoms with van der Waals surface area (Å²) >= 11 is 0. The lowest BCUT2D eigenvalue weighted by Gasteiger charge is -2.18. The molecule has 0 saturated carbocycles. The molecule has 1 aliphatic heterocycles. The molecule has 1 saturated heterocycles. The predicted octanol–water partition coefficient (Wildman–Crippen LogP) is -0.745. The van der Waals surface area contributed by atoms with Gasteiger partial charge in [0.1, 0.15) is 0 Å². The van der Waals surface area contributed by atoms with Crippen LogP contribution in [0.1, 0.15) is 13.3 Å².